The van der Waals surface area contributed by atoms with E-state index in [-0.39, 0.29) is 6.10 Å². The molecule has 2 unspecified atom stereocenters. The summed E-state index contributed by atoms with van der Waals surface area (Å²) in [5, 5.41) is 10.3. The second-order valence-corrected chi connectivity index (χ2v) is 5.78. The minimum absolute atomic E-state index is 0.101. The number of likely N-dealkylation sites (N-methyl/N-ethyl adjacent to an activating group) is 1. The zero-order valence-electron chi connectivity index (χ0n) is 13.3. The molecule has 0 amide bonds. The van der Waals surface area contributed by atoms with Crippen molar-refractivity contribution in [2.24, 2.45) is 0 Å². The molecule has 1 N–H and O–H groups in total. The zero-order valence-corrected chi connectivity index (χ0v) is 13.3. The molecule has 0 aromatic rings. The van der Waals surface area contributed by atoms with E-state index in [9.17, 15) is 5.11 Å². The molecule has 1 aliphatic rings. The second-order valence-electron chi connectivity index (χ2n) is 5.78. The Hall–Kier alpha value is -0.120. The van der Waals surface area contributed by atoms with Crippen LogP contribution < -0.4 is 0 Å². The molecular formula is C16H34N2O. The molecule has 3 nitrogen and oxygen atoms in total. The third-order valence-electron chi connectivity index (χ3n) is 4.63. The fourth-order valence-electron chi connectivity index (χ4n) is 3.29. The van der Waals surface area contributed by atoms with Crippen LogP contribution in [0.2, 0.25) is 0 Å². The average Bonchev–Trinajstić information content (AvgIpc) is 2.64. The first-order valence-electron chi connectivity index (χ1n) is 8.37. The smallest absolute Gasteiger partial charge is 0.0695 e. The van der Waals surface area contributed by atoms with Gasteiger partial charge < -0.3 is 10.0 Å². The Morgan fingerprint density at radius 2 is 1.58 bits per heavy atom. The van der Waals surface area contributed by atoms with E-state index in [2.05, 4.69) is 30.6 Å². The normalized spacial score (nSPS) is 24.9. The van der Waals surface area contributed by atoms with Crippen LogP contribution in [0.1, 0.15) is 59.3 Å². The third-order valence-corrected chi connectivity index (χ3v) is 4.63. The molecular weight excluding hydrogens is 236 g/mol. The van der Waals surface area contributed by atoms with Gasteiger partial charge in [-0.15, -0.1) is 0 Å². The first-order chi connectivity index (χ1) is 9.22. The molecule has 0 spiro atoms. The number of hydrogen-bond acceptors (Lipinski definition) is 3. The molecule has 2 atom stereocenters. The monoisotopic (exact) mass is 270 g/mol. The lowest BCUT2D eigenvalue weighted by molar-refractivity contribution is 0.0446. The van der Waals surface area contributed by atoms with Gasteiger partial charge in [0, 0.05) is 6.04 Å². The van der Waals surface area contributed by atoms with Gasteiger partial charge in [0.25, 0.3) is 0 Å². The van der Waals surface area contributed by atoms with E-state index < -0.39 is 0 Å². The lowest BCUT2D eigenvalue weighted by atomic mass is 10.0. The maximum atomic E-state index is 10.3. The first kappa shape index (κ1) is 16.9. The van der Waals surface area contributed by atoms with E-state index in [1.807, 2.05) is 0 Å². The van der Waals surface area contributed by atoms with Gasteiger partial charge in [-0.25, -0.2) is 0 Å². The van der Waals surface area contributed by atoms with E-state index in [1.54, 1.807) is 0 Å². The second kappa shape index (κ2) is 9.73. The molecule has 114 valence electrons. The Balaban J connectivity index is 2.38. The van der Waals surface area contributed by atoms with Gasteiger partial charge in [-0.05, 0) is 52.0 Å². The van der Waals surface area contributed by atoms with Gasteiger partial charge in [-0.3, -0.25) is 4.90 Å². The number of hydrogen-bond donors (Lipinski definition) is 1. The van der Waals surface area contributed by atoms with Gasteiger partial charge in [-0.1, -0.05) is 40.0 Å². The first-order valence-corrected chi connectivity index (χ1v) is 8.37. The highest BCUT2D eigenvalue weighted by atomic mass is 16.3. The summed E-state index contributed by atoms with van der Waals surface area (Å²) in [6.07, 6.45) is 7.08. The number of aliphatic hydroxyl groups excluding tert-OH is 1. The van der Waals surface area contributed by atoms with Crippen molar-refractivity contribution in [2.45, 2.75) is 71.4 Å². The van der Waals surface area contributed by atoms with Gasteiger partial charge in [-0.2, -0.15) is 0 Å². The maximum absolute atomic E-state index is 10.3. The molecule has 0 saturated heterocycles. The zero-order chi connectivity index (χ0) is 14.1. The van der Waals surface area contributed by atoms with E-state index in [0.29, 0.717) is 6.04 Å². The number of nitrogens with zero attached hydrogens (tertiary/aromatic N) is 2. The van der Waals surface area contributed by atoms with Gasteiger partial charge in [0.1, 0.15) is 0 Å². The Bertz CT molecular complexity index is 219. The molecule has 0 bridgehead atoms. The van der Waals surface area contributed by atoms with Crippen molar-refractivity contribution < 1.29 is 5.11 Å². The molecule has 0 aliphatic heterocycles. The lowest BCUT2D eigenvalue weighted by Gasteiger charge is -2.33. The topological polar surface area (TPSA) is 26.7 Å². The van der Waals surface area contributed by atoms with E-state index >= 15 is 0 Å². The summed E-state index contributed by atoms with van der Waals surface area (Å²) in [6, 6.07) is 0.407. The highest BCUT2D eigenvalue weighted by molar-refractivity contribution is 4.81. The minimum atomic E-state index is -0.101. The number of rotatable bonds is 8. The summed E-state index contributed by atoms with van der Waals surface area (Å²) < 4.78 is 0. The standard InChI is InChI=1S/C16H34N2O/c1-4-17(5-2)13-10-14-18(6-3)15-11-8-7-9-12-16(15)19/h15-16,19H,4-14H2,1-3H3. The minimum Gasteiger partial charge on any atom is -0.391 e. The van der Waals surface area contributed by atoms with Crippen molar-refractivity contribution in [2.75, 3.05) is 32.7 Å². The van der Waals surface area contributed by atoms with Crippen LogP contribution in [0.4, 0.5) is 0 Å². The Kier molecular flexibility index (Phi) is 8.67. The Morgan fingerprint density at radius 1 is 0.895 bits per heavy atom. The average molecular weight is 270 g/mol. The van der Waals surface area contributed by atoms with E-state index in [4.69, 9.17) is 0 Å². The largest absolute Gasteiger partial charge is 0.391 e. The predicted molar refractivity (Wildman–Crippen MR) is 82.5 cm³/mol. The highest BCUT2D eigenvalue weighted by Crippen LogP contribution is 2.22. The van der Waals surface area contributed by atoms with Crippen molar-refractivity contribution in [1.29, 1.82) is 0 Å². The van der Waals surface area contributed by atoms with Crippen LogP contribution in [0, 0.1) is 0 Å². The molecule has 19 heavy (non-hydrogen) atoms. The van der Waals surface area contributed by atoms with Crippen molar-refractivity contribution >= 4 is 0 Å². The summed E-state index contributed by atoms with van der Waals surface area (Å²) in [4.78, 5) is 5.00. The lowest BCUT2D eigenvalue weighted by Crippen LogP contribution is -2.44. The van der Waals surface area contributed by atoms with Gasteiger partial charge >= 0.3 is 0 Å². The third kappa shape index (κ3) is 5.80. The molecule has 0 radical (unpaired) electrons. The number of aliphatic hydroxyl groups is 1. The van der Waals surface area contributed by atoms with Crippen LogP contribution in [-0.2, 0) is 0 Å². The van der Waals surface area contributed by atoms with E-state index in [1.165, 1.54) is 38.6 Å². The van der Waals surface area contributed by atoms with Crippen LogP contribution in [0.3, 0.4) is 0 Å². The van der Waals surface area contributed by atoms with Crippen LogP contribution in [0.5, 0.6) is 0 Å². The molecule has 1 aliphatic carbocycles. The van der Waals surface area contributed by atoms with E-state index in [0.717, 1.165) is 32.6 Å². The SMILES string of the molecule is CCN(CC)CCCN(CC)C1CCCCCC1O. The van der Waals surface area contributed by atoms with Crippen LogP contribution in [-0.4, -0.2) is 59.8 Å². The summed E-state index contributed by atoms with van der Waals surface area (Å²) >= 11 is 0. The fraction of sp³-hybridized carbons (Fsp3) is 1.00. The molecule has 0 heterocycles. The van der Waals surface area contributed by atoms with Crippen molar-refractivity contribution in [3.63, 3.8) is 0 Å². The molecule has 1 rings (SSSR count). The van der Waals surface area contributed by atoms with Crippen LogP contribution in [0.15, 0.2) is 0 Å². The Morgan fingerprint density at radius 3 is 2.21 bits per heavy atom. The summed E-state index contributed by atoms with van der Waals surface area (Å²) in [5.74, 6) is 0. The Labute approximate surface area is 120 Å². The van der Waals surface area contributed by atoms with Crippen LogP contribution >= 0.6 is 0 Å². The van der Waals surface area contributed by atoms with Gasteiger partial charge in [0.2, 0.25) is 0 Å². The van der Waals surface area contributed by atoms with Crippen LogP contribution in [0.25, 0.3) is 0 Å². The molecule has 3 heteroatoms. The summed E-state index contributed by atoms with van der Waals surface area (Å²) in [6.45, 7) is 12.4. The highest BCUT2D eigenvalue weighted by Gasteiger charge is 2.26. The van der Waals surface area contributed by atoms with Crippen molar-refractivity contribution in [3.05, 3.63) is 0 Å². The van der Waals surface area contributed by atoms with Gasteiger partial charge in [0.05, 0.1) is 6.10 Å². The molecule has 0 aromatic heterocycles. The molecule has 1 saturated carbocycles. The molecule has 1 fully saturated rings. The maximum Gasteiger partial charge on any atom is 0.0695 e. The molecule has 0 aromatic carbocycles. The predicted octanol–water partition coefficient (Wildman–Crippen LogP) is 2.73. The van der Waals surface area contributed by atoms with Crippen molar-refractivity contribution in [3.8, 4) is 0 Å². The van der Waals surface area contributed by atoms with Gasteiger partial charge in [0.15, 0.2) is 0 Å². The summed E-state index contributed by atoms with van der Waals surface area (Å²) in [7, 11) is 0. The van der Waals surface area contributed by atoms with Crippen molar-refractivity contribution in [1.82, 2.24) is 9.80 Å². The fourth-order valence-corrected chi connectivity index (χ4v) is 3.29. The summed E-state index contributed by atoms with van der Waals surface area (Å²) in [5.41, 5.74) is 0. The quantitative estimate of drug-likeness (QED) is 0.687.